The molecule has 2 aliphatic rings. The molecule has 0 amide bonds. The number of aliphatic hydroxyl groups is 1. The largest absolute Gasteiger partial charge is 0.477 e. The molecule has 0 radical (unpaired) electrons. The van der Waals surface area contributed by atoms with Crippen LogP contribution in [0.15, 0.2) is 46.6 Å². The van der Waals surface area contributed by atoms with Crippen LogP contribution in [0.2, 0.25) is 0 Å². The molecule has 0 aliphatic carbocycles. The van der Waals surface area contributed by atoms with Crippen molar-refractivity contribution < 1.29 is 19.3 Å². The number of aromatic nitrogens is 1. The van der Waals surface area contributed by atoms with E-state index in [9.17, 15) is 5.11 Å². The van der Waals surface area contributed by atoms with Crippen LogP contribution >= 0.6 is 0 Å². The number of allylic oxidation sites excluding steroid dienone is 1. The average molecular weight is 501 g/mol. The first-order valence-electron chi connectivity index (χ1n) is 12.7. The SMILES string of the molecule is CC/C(C=N)=C1\N=C(N2CCCCC2CCO)C=C(NCc2ccc(OCCC(OC)OC)nc2)N1. The summed E-state index contributed by atoms with van der Waals surface area (Å²) in [7, 11) is 3.21. The van der Waals surface area contributed by atoms with Gasteiger partial charge in [0.05, 0.1) is 6.61 Å². The lowest BCUT2D eigenvalue weighted by Gasteiger charge is -2.38. The van der Waals surface area contributed by atoms with E-state index in [2.05, 4.69) is 20.5 Å². The summed E-state index contributed by atoms with van der Waals surface area (Å²) < 4.78 is 16.0. The van der Waals surface area contributed by atoms with E-state index < -0.39 is 0 Å². The van der Waals surface area contributed by atoms with E-state index >= 15 is 0 Å². The van der Waals surface area contributed by atoms with Crippen molar-refractivity contribution in [2.24, 2.45) is 4.99 Å². The minimum atomic E-state index is -0.290. The number of methoxy groups -OCH3 is 2. The summed E-state index contributed by atoms with van der Waals surface area (Å²) in [6, 6.07) is 4.10. The van der Waals surface area contributed by atoms with E-state index in [4.69, 9.17) is 24.6 Å². The molecule has 3 rings (SSSR count). The number of ether oxygens (including phenoxy) is 3. The Balaban J connectivity index is 1.67. The van der Waals surface area contributed by atoms with Gasteiger partial charge in [0, 0.05) is 76.5 Å². The minimum absolute atomic E-state index is 0.164. The van der Waals surface area contributed by atoms with Crippen LogP contribution < -0.4 is 15.4 Å². The van der Waals surface area contributed by atoms with E-state index in [1.54, 1.807) is 20.4 Å². The van der Waals surface area contributed by atoms with Crippen LogP contribution in [0.5, 0.6) is 5.88 Å². The number of rotatable bonds is 13. The van der Waals surface area contributed by atoms with Gasteiger partial charge in [-0.1, -0.05) is 13.0 Å². The first kappa shape index (κ1) is 27.6. The molecular weight excluding hydrogens is 460 g/mol. The molecule has 10 heteroatoms. The molecule has 36 heavy (non-hydrogen) atoms. The van der Waals surface area contributed by atoms with Gasteiger partial charge in [0.2, 0.25) is 5.88 Å². The lowest BCUT2D eigenvalue weighted by Crippen LogP contribution is -2.45. The Morgan fingerprint density at radius 1 is 1.33 bits per heavy atom. The molecule has 1 saturated heterocycles. The van der Waals surface area contributed by atoms with Crippen LogP contribution in [-0.2, 0) is 16.0 Å². The summed E-state index contributed by atoms with van der Waals surface area (Å²) in [5, 5.41) is 24.2. The second kappa shape index (κ2) is 14.6. The topological polar surface area (TPSA) is 124 Å². The highest BCUT2D eigenvalue weighted by Crippen LogP contribution is 2.23. The van der Waals surface area contributed by atoms with Crippen molar-refractivity contribution >= 4 is 12.1 Å². The number of nitrogens with zero attached hydrogens (tertiary/aromatic N) is 3. The number of likely N-dealkylation sites (tertiary alicyclic amines) is 1. The number of aliphatic imine (C=N–C) groups is 1. The van der Waals surface area contributed by atoms with Crippen LogP contribution in [0.25, 0.3) is 0 Å². The molecule has 0 bridgehead atoms. The number of nitrogens with one attached hydrogen (secondary N) is 3. The molecule has 10 nitrogen and oxygen atoms in total. The second-order valence-corrected chi connectivity index (χ2v) is 8.78. The predicted molar refractivity (Wildman–Crippen MR) is 140 cm³/mol. The van der Waals surface area contributed by atoms with Crippen molar-refractivity contribution in [3.8, 4) is 5.88 Å². The van der Waals surface area contributed by atoms with E-state index in [-0.39, 0.29) is 18.9 Å². The molecule has 0 spiro atoms. The number of pyridine rings is 1. The first-order chi connectivity index (χ1) is 17.6. The van der Waals surface area contributed by atoms with Gasteiger partial charge in [-0.05, 0) is 37.7 Å². The Kier molecular flexibility index (Phi) is 11.2. The monoisotopic (exact) mass is 500 g/mol. The Morgan fingerprint density at radius 2 is 2.17 bits per heavy atom. The zero-order chi connectivity index (χ0) is 25.8. The van der Waals surface area contributed by atoms with Gasteiger partial charge in [-0.15, -0.1) is 0 Å². The first-order valence-corrected chi connectivity index (χ1v) is 12.7. The molecule has 3 heterocycles. The predicted octanol–water partition coefficient (Wildman–Crippen LogP) is 2.91. The maximum atomic E-state index is 9.56. The molecule has 198 valence electrons. The quantitative estimate of drug-likeness (QED) is 0.241. The van der Waals surface area contributed by atoms with Gasteiger partial charge in [0.25, 0.3) is 0 Å². The van der Waals surface area contributed by atoms with Crippen LogP contribution in [0.1, 0.15) is 51.0 Å². The highest BCUT2D eigenvalue weighted by atomic mass is 16.7. The zero-order valence-electron chi connectivity index (χ0n) is 21.6. The van der Waals surface area contributed by atoms with Gasteiger partial charge in [-0.3, -0.25) is 0 Å². The van der Waals surface area contributed by atoms with Gasteiger partial charge >= 0.3 is 0 Å². The fourth-order valence-corrected chi connectivity index (χ4v) is 4.34. The fourth-order valence-electron chi connectivity index (χ4n) is 4.34. The Labute approximate surface area is 213 Å². The maximum absolute atomic E-state index is 9.56. The molecular formula is C26H40N6O4. The smallest absolute Gasteiger partial charge is 0.213 e. The Morgan fingerprint density at radius 3 is 2.83 bits per heavy atom. The van der Waals surface area contributed by atoms with E-state index in [0.717, 1.165) is 55.0 Å². The maximum Gasteiger partial charge on any atom is 0.213 e. The molecule has 1 atom stereocenters. The van der Waals surface area contributed by atoms with Crippen molar-refractivity contribution in [1.82, 2.24) is 20.5 Å². The zero-order valence-corrected chi connectivity index (χ0v) is 21.6. The fraction of sp³-hybridized carbons (Fsp3) is 0.577. The van der Waals surface area contributed by atoms with E-state index in [1.165, 1.54) is 6.21 Å². The number of piperidine rings is 1. The van der Waals surface area contributed by atoms with Crippen molar-refractivity contribution in [2.75, 3.05) is 34.0 Å². The van der Waals surface area contributed by atoms with Crippen LogP contribution in [0, 0.1) is 5.41 Å². The summed E-state index contributed by atoms with van der Waals surface area (Å²) >= 11 is 0. The van der Waals surface area contributed by atoms with Gasteiger partial charge in [-0.25, -0.2) is 9.98 Å². The summed E-state index contributed by atoms with van der Waals surface area (Å²) in [6.07, 6.45) is 10.2. The highest BCUT2D eigenvalue weighted by molar-refractivity contribution is 5.96. The third-order valence-electron chi connectivity index (χ3n) is 6.41. The lowest BCUT2D eigenvalue weighted by molar-refractivity contribution is -0.110. The van der Waals surface area contributed by atoms with Crippen LogP contribution in [0.4, 0.5) is 0 Å². The number of amidine groups is 1. The standard InChI is InChI=1S/C26H40N6O4/c1-4-20(16-27)26-30-22(15-23(31-26)32-12-6-5-7-21(32)10-13-33)28-17-19-8-9-24(29-18-19)36-14-11-25(34-2)35-3/h8-9,15-16,18,21,25,27-28,30,33H,4-7,10-14,17H2,1-3H3/b26-20+,27-16?. The van der Waals surface area contributed by atoms with Gasteiger partial charge in [-0.2, -0.15) is 0 Å². The van der Waals surface area contributed by atoms with Crippen molar-refractivity contribution in [1.29, 1.82) is 5.41 Å². The molecule has 1 fully saturated rings. The average Bonchev–Trinajstić information content (AvgIpc) is 2.92. The van der Waals surface area contributed by atoms with Crippen molar-refractivity contribution in [3.05, 3.63) is 47.2 Å². The lowest BCUT2D eigenvalue weighted by atomic mass is 9.99. The molecule has 0 aromatic carbocycles. The Hall–Kier alpha value is -2.95. The van der Waals surface area contributed by atoms with Crippen LogP contribution in [-0.4, -0.2) is 73.4 Å². The molecule has 1 unspecified atom stereocenters. The second-order valence-electron chi connectivity index (χ2n) is 8.78. The van der Waals surface area contributed by atoms with Gasteiger partial charge in [0.1, 0.15) is 17.5 Å². The van der Waals surface area contributed by atoms with Crippen molar-refractivity contribution in [2.45, 2.75) is 64.3 Å². The minimum Gasteiger partial charge on any atom is -0.477 e. The van der Waals surface area contributed by atoms with Gasteiger partial charge in [0.15, 0.2) is 6.29 Å². The molecule has 1 aromatic rings. The summed E-state index contributed by atoms with van der Waals surface area (Å²) in [5.74, 6) is 2.93. The van der Waals surface area contributed by atoms with Crippen molar-refractivity contribution in [3.63, 3.8) is 0 Å². The van der Waals surface area contributed by atoms with Crippen LogP contribution in [0.3, 0.4) is 0 Å². The third-order valence-corrected chi connectivity index (χ3v) is 6.41. The number of hydrogen-bond acceptors (Lipinski definition) is 10. The molecule has 2 aliphatic heterocycles. The Bertz CT molecular complexity index is 925. The van der Waals surface area contributed by atoms with Gasteiger partial charge < -0.3 is 40.3 Å². The van der Waals surface area contributed by atoms with E-state index in [0.29, 0.717) is 37.7 Å². The molecule has 0 saturated carbocycles. The summed E-state index contributed by atoms with van der Waals surface area (Å²) in [6.45, 7) is 4.11. The number of aliphatic hydroxyl groups excluding tert-OH is 1. The molecule has 1 aromatic heterocycles. The van der Waals surface area contributed by atoms with E-state index in [1.807, 2.05) is 25.1 Å². The molecule has 4 N–H and O–H groups in total. The summed E-state index contributed by atoms with van der Waals surface area (Å²) in [4.78, 5) is 11.6. The third kappa shape index (κ3) is 7.78. The highest BCUT2D eigenvalue weighted by Gasteiger charge is 2.26. The normalized spacial score (nSPS) is 19.4. The summed E-state index contributed by atoms with van der Waals surface area (Å²) in [5.41, 5.74) is 1.84. The number of hydrogen-bond donors (Lipinski definition) is 4.